The van der Waals surface area contributed by atoms with Crippen molar-refractivity contribution in [2.45, 2.75) is 14.8 Å². The van der Waals surface area contributed by atoms with Crippen LogP contribution in [0.4, 0.5) is 0 Å². The molecule has 0 radical (unpaired) electrons. The Kier molecular flexibility index (Phi) is 18.7. The topological polar surface area (TPSA) is 39.4 Å². The average molecular weight is 1720 g/mol. The molecule has 0 bridgehead atoms. The second-order valence-electron chi connectivity index (χ2n) is 34.1. The zero-order valence-electron chi connectivity index (χ0n) is 83.4. The van der Waals surface area contributed by atoms with Gasteiger partial charge in [0.2, 0.25) is 0 Å². The van der Waals surface area contributed by atoms with Gasteiger partial charge in [0.25, 0.3) is 0 Å². The number of hydrogen-bond donors (Lipinski definition) is 0. The normalized spacial score (nSPS) is 11.8. The summed E-state index contributed by atoms with van der Waals surface area (Å²) >= 11 is 0. The lowest BCUT2D eigenvalue weighted by atomic mass is 9.85. The summed E-state index contributed by atoms with van der Waals surface area (Å²) in [7, 11) is 2.50. The van der Waals surface area contributed by atoms with Gasteiger partial charge in [-0.25, -0.2) is 0 Å². The van der Waals surface area contributed by atoms with Gasteiger partial charge in [-0.1, -0.05) is 439 Å². The molecule has 0 N–H and O–H groups in total. The Labute approximate surface area is 786 Å². The van der Waals surface area contributed by atoms with Crippen LogP contribution in [0.25, 0.3) is 263 Å². The molecular formula is C130H96O3. The molecule has 0 saturated carbocycles. The van der Waals surface area contributed by atoms with Crippen LogP contribution >= 0.6 is 0 Å². The lowest BCUT2D eigenvalue weighted by molar-refractivity contribution is 0.669. The molecule has 3 heterocycles. The molecular weight excluding hydrogens is 1610 g/mol. The first kappa shape index (κ1) is 73.8. The molecule has 0 atom stereocenters. The lowest BCUT2D eigenvalue weighted by Gasteiger charge is -2.18. The maximum atomic E-state index is 6.65. The molecule has 27 rings (SSSR count). The van der Waals surface area contributed by atoms with Gasteiger partial charge in [0.1, 0.15) is 33.5 Å². The standard InChI is InChI=1S/C46H28O.C44H28O.C38H24O.2CH4.4H2/c1-2-13-31-27-32(24-23-29(31)11-1)44-37-16-5-7-18-39(37)45(40-19-8-6-17-38(40)44)33-25-26-41-43(28-33)47-42-22-10-21-36(46(41)42)35-20-9-14-30-12-3-4-15-34(30)35;1-3-12-30(13-4-1)34-20-11-21-40-44(34)39-27-26-33(28-41(39)45-40)29-22-24-32(25-23-29)43-37-18-9-7-16-35(37)42(31-14-5-2-6-15-31)36-17-8-10-19-38(36)43;1-3-12-25(13-4-1)28-20-11-21-34-38(28)33-23-22-27(24-35(33)39-34)37-31-18-9-7-16-29(31)36(26-14-5-2-6-15-26)30-17-8-10-19-32(30)37;;;;;;/h1-28H;1-28H;1-24H;2*1H4;4*1H/i;;;2*1D;4*1+1D. The number of rotatable bonds is 10. The minimum Gasteiger partial charge on any atom is -0.456 e. The SMILES string of the molecule is [2H]C.[2H]C.[2H][2H].[2H][2H].[2H][2H].[2H][2H].c1ccc(-c2c3ccccc3c(-c3ccc(-c4ccc5c(c4)oc4cccc(-c6ccccc6)c45)cc3)c3ccccc23)cc1.c1ccc(-c2c3ccccc3c(-c3ccc4c(c3)oc3cccc(-c5ccccc5)c34)c3ccccc23)cc1.c1ccc2cc(-c3c4ccccc4c(-c4ccc5c(c4)oc4cccc(-c6cccc7ccccc67)c45)c4ccccc34)ccc2c1. The van der Waals surface area contributed by atoms with Gasteiger partial charge in [0, 0.05) is 46.9 Å². The van der Waals surface area contributed by atoms with E-state index in [1.165, 1.54) is 206 Å². The van der Waals surface area contributed by atoms with Gasteiger partial charge >= 0.3 is 0 Å². The van der Waals surface area contributed by atoms with E-state index in [-0.39, 0.29) is 0 Å². The van der Waals surface area contributed by atoms with E-state index in [0.29, 0.717) is 0 Å². The summed E-state index contributed by atoms with van der Waals surface area (Å²) in [6.45, 7) is 0. The molecule has 0 saturated heterocycles. The van der Waals surface area contributed by atoms with Gasteiger partial charge in [-0.05, 0) is 258 Å². The van der Waals surface area contributed by atoms with Gasteiger partial charge in [-0.2, -0.15) is 0 Å². The first-order valence-electron chi connectivity index (χ1n) is 51.0. The number of fused-ring (bicyclic) bond motifs is 17. The average Bonchev–Trinajstić information content (AvgIpc) is 1.42. The molecule has 133 heavy (non-hydrogen) atoms. The third-order valence-corrected chi connectivity index (χ3v) is 26.8. The molecule has 0 amide bonds. The maximum Gasteiger partial charge on any atom is 0.136 e. The summed E-state index contributed by atoms with van der Waals surface area (Å²) in [4.78, 5) is 0. The van der Waals surface area contributed by atoms with Crippen molar-refractivity contribution < 1.29 is 27.9 Å². The van der Waals surface area contributed by atoms with Gasteiger partial charge in [-0.15, -0.1) is 0 Å². The largest absolute Gasteiger partial charge is 0.456 e. The highest BCUT2D eigenvalue weighted by molar-refractivity contribution is 6.27. The molecule has 3 nitrogen and oxygen atoms in total. The van der Waals surface area contributed by atoms with Crippen LogP contribution < -0.4 is 0 Å². The second kappa shape index (κ2) is 33.8. The van der Waals surface area contributed by atoms with Gasteiger partial charge in [-0.3, -0.25) is 0 Å². The lowest BCUT2D eigenvalue weighted by Crippen LogP contribution is -1.91. The fourth-order valence-electron chi connectivity index (χ4n) is 21.0. The van der Waals surface area contributed by atoms with Crippen molar-refractivity contribution >= 4 is 152 Å². The third-order valence-electron chi connectivity index (χ3n) is 26.8. The summed E-state index contributed by atoms with van der Waals surface area (Å²) in [5.41, 5.74) is 29.8. The van der Waals surface area contributed by atoms with E-state index in [4.69, 9.17) is 27.9 Å². The van der Waals surface area contributed by atoms with Crippen molar-refractivity contribution in [3.8, 4) is 111 Å². The second-order valence-corrected chi connectivity index (χ2v) is 34.1. The van der Waals surface area contributed by atoms with Crippen molar-refractivity contribution in [1.82, 2.24) is 0 Å². The Morgan fingerprint density at radius 2 is 0.383 bits per heavy atom. The molecule has 0 spiro atoms. The first-order valence-corrected chi connectivity index (χ1v) is 45.0. The summed E-state index contributed by atoms with van der Waals surface area (Å²) < 4.78 is 71.1. The maximum absolute atomic E-state index is 6.65. The molecule has 27 aromatic rings. The number of furan rings is 3. The molecule has 0 unspecified atom stereocenters. The van der Waals surface area contributed by atoms with E-state index in [2.05, 4.69) is 485 Å². The number of hydrogen-bond acceptors (Lipinski definition) is 3. The Hall–Kier alpha value is -17.2. The van der Waals surface area contributed by atoms with Crippen molar-refractivity contribution in [2.75, 3.05) is 0 Å². The molecule has 0 aliphatic carbocycles. The Morgan fingerprint density at radius 3 is 0.767 bits per heavy atom. The van der Waals surface area contributed by atoms with E-state index in [1.807, 2.05) is 0 Å². The predicted molar refractivity (Wildman–Crippen MR) is 577 cm³/mol. The zero-order valence-corrected chi connectivity index (χ0v) is 73.4. The van der Waals surface area contributed by atoms with Gasteiger partial charge in [0.05, 0.1) is 0 Å². The van der Waals surface area contributed by atoms with E-state index < -0.39 is 0 Å². The molecule has 0 aliphatic rings. The first-order chi connectivity index (χ1) is 71.0. The van der Waals surface area contributed by atoms with Crippen LogP contribution in [-0.2, 0) is 0 Å². The molecule has 0 fully saturated rings. The van der Waals surface area contributed by atoms with Crippen LogP contribution in [0, 0.1) is 0 Å². The highest BCUT2D eigenvalue weighted by Gasteiger charge is 2.25. The van der Waals surface area contributed by atoms with Crippen LogP contribution in [0.2, 0.25) is 0 Å². The van der Waals surface area contributed by atoms with Crippen LogP contribution in [0.15, 0.2) is 499 Å². The molecule has 3 heteroatoms. The van der Waals surface area contributed by atoms with E-state index in [0.717, 1.165) is 71.7 Å². The van der Waals surface area contributed by atoms with Crippen molar-refractivity contribution in [2.24, 2.45) is 0 Å². The Morgan fingerprint density at radius 1 is 0.143 bits per heavy atom. The molecule has 634 valence electrons. The smallest absolute Gasteiger partial charge is 0.136 e. The third kappa shape index (κ3) is 13.8. The quantitative estimate of drug-likeness (QED) is 0.128. The monoisotopic (exact) mass is 1710 g/mol. The summed E-state index contributed by atoms with van der Waals surface area (Å²) in [6.07, 6.45) is 0. The number of benzene rings is 24. The van der Waals surface area contributed by atoms with E-state index in [1.54, 1.807) is 0 Å². The van der Waals surface area contributed by atoms with Crippen LogP contribution in [0.5, 0.6) is 0 Å². The molecule has 3 aromatic heterocycles. The summed E-state index contributed by atoms with van der Waals surface area (Å²) in [6, 6.07) is 174. The minimum atomic E-state index is 0.900. The molecule has 24 aromatic carbocycles. The van der Waals surface area contributed by atoms with Crippen LogP contribution in [-0.4, -0.2) is 0 Å². The Bertz CT molecular complexity index is 9070. The van der Waals surface area contributed by atoms with E-state index >= 15 is 0 Å². The summed E-state index contributed by atoms with van der Waals surface area (Å²) in [5.74, 6) is 0. The van der Waals surface area contributed by atoms with Crippen LogP contribution in [0.3, 0.4) is 0 Å². The van der Waals surface area contributed by atoms with Crippen molar-refractivity contribution in [3.05, 3.63) is 485 Å². The fraction of sp³-hybridized carbons (Fsp3) is 0.0154. The van der Waals surface area contributed by atoms with E-state index in [9.17, 15) is 0 Å². The minimum absolute atomic E-state index is 0.900. The van der Waals surface area contributed by atoms with Crippen molar-refractivity contribution in [1.29, 1.82) is 0 Å². The molecule has 0 aliphatic heterocycles. The highest BCUT2D eigenvalue weighted by Crippen LogP contribution is 2.51. The predicted octanol–water partition coefficient (Wildman–Crippen LogP) is 38.9. The Balaban J connectivity index is 0.000000130. The summed E-state index contributed by atoms with van der Waals surface area (Å²) in [5, 5.41) is 26.9. The van der Waals surface area contributed by atoms with Gasteiger partial charge in [0.15, 0.2) is 0 Å². The van der Waals surface area contributed by atoms with Crippen molar-refractivity contribution in [3.63, 3.8) is 0 Å². The fourth-order valence-corrected chi connectivity index (χ4v) is 21.0. The zero-order chi connectivity index (χ0) is 98.4. The van der Waals surface area contributed by atoms with Gasteiger partial charge < -0.3 is 13.3 Å². The highest BCUT2D eigenvalue weighted by atomic mass is 16.3. The van der Waals surface area contributed by atoms with Crippen LogP contribution in [0.1, 0.15) is 29.4 Å².